The zero-order valence-electron chi connectivity index (χ0n) is 18.7. The summed E-state index contributed by atoms with van der Waals surface area (Å²) in [5, 5.41) is 15.8. The third-order valence-electron chi connectivity index (χ3n) is 5.48. The normalized spacial score (nSPS) is 11.1. The Morgan fingerprint density at radius 3 is 2.40 bits per heavy atom. The fourth-order valence-corrected chi connectivity index (χ4v) is 4.03. The van der Waals surface area contributed by atoms with E-state index in [1.807, 2.05) is 42.5 Å². The summed E-state index contributed by atoms with van der Waals surface area (Å²) in [7, 11) is 1.74. The van der Waals surface area contributed by atoms with E-state index in [9.17, 15) is 14.7 Å². The number of carbonyl (C=O) groups is 2. The second-order valence-corrected chi connectivity index (χ2v) is 8.68. The smallest absolute Gasteiger partial charge is 0.271 e. The van der Waals surface area contributed by atoms with Crippen molar-refractivity contribution in [1.82, 2.24) is 10.3 Å². The van der Waals surface area contributed by atoms with Gasteiger partial charge in [0, 0.05) is 35.3 Å². The quantitative estimate of drug-likeness (QED) is 0.253. The second-order valence-electron chi connectivity index (χ2n) is 7.87. The number of carbonyl (C=O) groups excluding carboxylic acids is 2. The molecule has 8 heteroatoms. The van der Waals surface area contributed by atoms with Crippen molar-refractivity contribution in [3.63, 3.8) is 0 Å². The Bertz CT molecular complexity index is 1450. The van der Waals surface area contributed by atoms with Crippen LogP contribution < -0.4 is 5.43 Å². The fraction of sp³-hybridized carbons (Fsp3) is 0.0741. The Morgan fingerprint density at radius 2 is 1.66 bits per heavy atom. The van der Waals surface area contributed by atoms with Gasteiger partial charge in [-0.2, -0.15) is 5.10 Å². The van der Waals surface area contributed by atoms with Crippen LogP contribution in [-0.4, -0.2) is 35.1 Å². The first-order valence-electron chi connectivity index (χ1n) is 10.7. The third-order valence-corrected chi connectivity index (χ3v) is 6.15. The molecule has 0 unspecified atom stereocenters. The molecule has 2 N–H and O–H groups in total. The van der Waals surface area contributed by atoms with Gasteiger partial charge in [-0.3, -0.25) is 9.59 Å². The summed E-state index contributed by atoms with van der Waals surface area (Å²) >= 11 is 12.1. The first kappa shape index (κ1) is 24.3. The summed E-state index contributed by atoms with van der Waals surface area (Å²) in [5.74, 6) is -0.715. The first-order chi connectivity index (χ1) is 16.8. The Balaban J connectivity index is 1.55. The first-order valence-corrected chi connectivity index (χ1v) is 11.4. The third kappa shape index (κ3) is 5.45. The number of phenols is 1. The maximum atomic E-state index is 13.3. The minimum Gasteiger partial charge on any atom is -0.506 e. The summed E-state index contributed by atoms with van der Waals surface area (Å²) in [6.45, 7) is 0.378. The fourth-order valence-electron chi connectivity index (χ4n) is 3.65. The van der Waals surface area contributed by atoms with Crippen molar-refractivity contribution in [2.45, 2.75) is 6.54 Å². The highest BCUT2D eigenvalue weighted by Crippen LogP contribution is 2.25. The zero-order chi connectivity index (χ0) is 24.9. The summed E-state index contributed by atoms with van der Waals surface area (Å²) in [6, 6.07) is 22.6. The highest BCUT2D eigenvalue weighted by atomic mass is 35.5. The number of nitrogens with one attached hydrogen (secondary N) is 1. The van der Waals surface area contributed by atoms with Crippen LogP contribution in [-0.2, 0) is 6.54 Å². The molecular formula is C27H21Cl2N3O3. The zero-order valence-corrected chi connectivity index (χ0v) is 20.2. The molecule has 0 atom stereocenters. The van der Waals surface area contributed by atoms with Crippen LogP contribution >= 0.6 is 23.2 Å². The number of fused-ring (bicyclic) bond motifs is 1. The molecule has 35 heavy (non-hydrogen) atoms. The predicted molar refractivity (Wildman–Crippen MR) is 139 cm³/mol. The Morgan fingerprint density at radius 1 is 0.943 bits per heavy atom. The average molecular weight is 506 g/mol. The lowest BCUT2D eigenvalue weighted by Gasteiger charge is -2.19. The van der Waals surface area contributed by atoms with E-state index in [4.69, 9.17) is 23.2 Å². The van der Waals surface area contributed by atoms with E-state index in [0.717, 1.165) is 21.9 Å². The molecule has 176 valence electrons. The van der Waals surface area contributed by atoms with Crippen molar-refractivity contribution in [3.05, 3.63) is 111 Å². The van der Waals surface area contributed by atoms with Gasteiger partial charge < -0.3 is 10.0 Å². The van der Waals surface area contributed by atoms with E-state index >= 15 is 0 Å². The summed E-state index contributed by atoms with van der Waals surface area (Å²) < 4.78 is 0. The van der Waals surface area contributed by atoms with E-state index in [1.165, 1.54) is 24.4 Å². The molecule has 0 aromatic heterocycles. The minimum absolute atomic E-state index is 0.0763. The van der Waals surface area contributed by atoms with Crippen molar-refractivity contribution in [1.29, 1.82) is 0 Å². The van der Waals surface area contributed by atoms with E-state index in [1.54, 1.807) is 30.1 Å². The van der Waals surface area contributed by atoms with Gasteiger partial charge in [-0.25, -0.2) is 5.43 Å². The molecule has 4 aromatic rings. The maximum absolute atomic E-state index is 13.3. The molecule has 0 radical (unpaired) electrons. The predicted octanol–water partition coefficient (Wildman–Crippen LogP) is 5.89. The molecule has 2 amide bonds. The lowest BCUT2D eigenvalue weighted by molar-refractivity contribution is 0.0787. The van der Waals surface area contributed by atoms with E-state index in [-0.39, 0.29) is 22.2 Å². The van der Waals surface area contributed by atoms with E-state index in [0.29, 0.717) is 17.1 Å². The van der Waals surface area contributed by atoms with Gasteiger partial charge in [0.05, 0.1) is 11.2 Å². The van der Waals surface area contributed by atoms with Gasteiger partial charge in [-0.05, 0) is 46.7 Å². The molecule has 0 bridgehead atoms. The minimum atomic E-state index is -0.472. The number of halogens is 2. The summed E-state index contributed by atoms with van der Waals surface area (Å²) in [5.41, 5.74) is 4.86. The number of hydrazone groups is 1. The second kappa shape index (κ2) is 10.6. The Kier molecular flexibility index (Phi) is 7.34. The molecule has 0 fully saturated rings. The molecule has 6 nitrogen and oxygen atoms in total. The molecular weight excluding hydrogens is 485 g/mol. The van der Waals surface area contributed by atoms with Crippen LogP contribution in [0.15, 0.2) is 84.0 Å². The molecule has 0 saturated heterocycles. The molecule has 4 aromatic carbocycles. The van der Waals surface area contributed by atoms with Crippen LogP contribution in [0.2, 0.25) is 10.0 Å². The maximum Gasteiger partial charge on any atom is 0.271 e. The molecule has 0 spiro atoms. The van der Waals surface area contributed by atoms with Crippen molar-refractivity contribution in [2.24, 2.45) is 5.10 Å². The number of phenolic OH excluding ortho intramolecular Hbond substituents is 1. The highest BCUT2D eigenvalue weighted by molar-refractivity contribution is 6.32. The van der Waals surface area contributed by atoms with Crippen molar-refractivity contribution in [3.8, 4) is 5.75 Å². The number of amides is 2. The molecule has 0 saturated carbocycles. The number of aromatic hydroxyl groups is 1. The number of rotatable bonds is 6. The number of hydrogen-bond acceptors (Lipinski definition) is 4. The Labute approximate surface area is 212 Å². The standard InChI is InChI=1S/C27H21Cl2N3O3/c1-32(16-19-6-2-5-9-23(19)28)27(35)22-12-10-18(20-7-3-4-8-21(20)22)15-30-31-26(34)17-11-13-25(33)24(29)14-17/h2-15,33H,16H2,1H3,(H,31,34). The molecule has 0 aliphatic heterocycles. The number of nitrogens with zero attached hydrogens (tertiary/aromatic N) is 2. The summed E-state index contributed by atoms with van der Waals surface area (Å²) in [6.07, 6.45) is 1.52. The van der Waals surface area contributed by atoms with Crippen LogP contribution in [0, 0.1) is 0 Å². The van der Waals surface area contributed by atoms with Crippen LogP contribution in [0.3, 0.4) is 0 Å². The van der Waals surface area contributed by atoms with E-state index in [2.05, 4.69) is 10.5 Å². The molecule has 0 aliphatic rings. The largest absolute Gasteiger partial charge is 0.506 e. The van der Waals surface area contributed by atoms with Crippen LogP contribution in [0.1, 0.15) is 31.8 Å². The molecule has 0 aliphatic carbocycles. The highest BCUT2D eigenvalue weighted by Gasteiger charge is 2.17. The Hall–Kier alpha value is -3.87. The van der Waals surface area contributed by atoms with Gasteiger partial charge in [-0.15, -0.1) is 0 Å². The SMILES string of the molecule is CN(Cc1ccccc1Cl)C(=O)c1ccc(C=NNC(=O)c2ccc(O)c(Cl)c2)c2ccccc12. The van der Waals surface area contributed by atoms with Crippen LogP contribution in [0.5, 0.6) is 5.75 Å². The van der Waals surface area contributed by atoms with Gasteiger partial charge in [-0.1, -0.05) is 71.7 Å². The topological polar surface area (TPSA) is 82.0 Å². The van der Waals surface area contributed by atoms with Crippen molar-refractivity contribution >= 4 is 52.0 Å². The van der Waals surface area contributed by atoms with Gasteiger partial charge in [0.25, 0.3) is 11.8 Å². The van der Waals surface area contributed by atoms with Crippen molar-refractivity contribution < 1.29 is 14.7 Å². The lowest BCUT2D eigenvalue weighted by atomic mass is 9.99. The lowest BCUT2D eigenvalue weighted by Crippen LogP contribution is -2.26. The summed E-state index contributed by atoms with van der Waals surface area (Å²) in [4.78, 5) is 27.2. The van der Waals surface area contributed by atoms with Gasteiger partial charge in [0.15, 0.2) is 0 Å². The monoisotopic (exact) mass is 505 g/mol. The molecule has 0 heterocycles. The van der Waals surface area contributed by atoms with Gasteiger partial charge in [0.1, 0.15) is 5.75 Å². The van der Waals surface area contributed by atoms with E-state index < -0.39 is 5.91 Å². The number of hydrogen-bond donors (Lipinski definition) is 2. The van der Waals surface area contributed by atoms with Crippen molar-refractivity contribution in [2.75, 3.05) is 7.05 Å². The van der Waals surface area contributed by atoms with Crippen LogP contribution in [0.25, 0.3) is 10.8 Å². The number of benzene rings is 4. The van der Waals surface area contributed by atoms with Gasteiger partial charge >= 0.3 is 0 Å². The van der Waals surface area contributed by atoms with Crippen LogP contribution in [0.4, 0.5) is 0 Å². The van der Waals surface area contributed by atoms with Gasteiger partial charge in [0.2, 0.25) is 0 Å². The average Bonchev–Trinajstić information content (AvgIpc) is 2.86. The molecule has 4 rings (SSSR count).